The number of nitrogens with one attached hydrogen (secondary N) is 1. The van der Waals surface area contributed by atoms with Crippen molar-refractivity contribution in [1.82, 2.24) is 10.2 Å². The van der Waals surface area contributed by atoms with Gasteiger partial charge >= 0.3 is 6.18 Å². The topological polar surface area (TPSA) is 115 Å². The molecule has 0 spiro atoms. The van der Waals surface area contributed by atoms with Crippen LogP contribution in [0, 0.1) is 0 Å². The van der Waals surface area contributed by atoms with E-state index in [1.54, 1.807) is 6.07 Å². The molecular formula is C23H23F3N4O3S2. The predicted molar refractivity (Wildman–Crippen MR) is 126 cm³/mol. The molecule has 3 N–H and O–H groups in total. The number of hydrogen-bond donors (Lipinski definition) is 2. The third kappa shape index (κ3) is 5.32. The van der Waals surface area contributed by atoms with Gasteiger partial charge in [0.1, 0.15) is 5.01 Å². The maximum Gasteiger partial charge on any atom is 0.416 e. The molecule has 7 nitrogen and oxygen atoms in total. The maximum absolute atomic E-state index is 13.3. The maximum atomic E-state index is 13.3. The molecule has 2 aromatic carbocycles. The van der Waals surface area contributed by atoms with Crippen molar-refractivity contribution in [3.63, 3.8) is 0 Å². The van der Waals surface area contributed by atoms with Gasteiger partial charge in [-0.3, -0.25) is 9.52 Å². The number of sulfonamides is 1. The molecule has 0 saturated carbocycles. The number of anilines is 1. The molecule has 12 heteroatoms. The number of nitrogens with zero attached hydrogens (tertiary/aromatic N) is 2. The first-order valence-electron chi connectivity index (χ1n) is 10.8. The van der Waals surface area contributed by atoms with Crippen LogP contribution < -0.4 is 10.5 Å². The van der Waals surface area contributed by atoms with Gasteiger partial charge in [0, 0.05) is 11.5 Å². The van der Waals surface area contributed by atoms with E-state index in [1.807, 2.05) is 13.8 Å². The number of nitrogens with two attached hydrogens (primary N) is 1. The molecule has 0 saturated heterocycles. The van der Waals surface area contributed by atoms with Crippen molar-refractivity contribution in [2.75, 3.05) is 4.72 Å². The minimum atomic E-state index is -4.56. The summed E-state index contributed by atoms with van der Waals surface area (Å²) in [7, 11) is -3.95. The third-order valence-electron chi connectivity index (χ3n) is 5.96. The van der Waals surface area contributed by atoms with Crippen LogP contribution in [0.25, 0.3) is 0 Å². The number of aryl methyl sites for hydroxylation is 1. The summed E-state index contributed by atoms with van der Waals surface area (Å²) in [5.41, 5.74) is 6.43. The van der Waals surface area contributed by atoms with Crippen LogP contribution in [0.2, 0.25) is 0 Å². The molecule has 0 radical (unpaired) electrons. The second-order valence-electron chi connectivity index (χ2n) is 8.74. The minimum Gasteiger partial charge on any atom is -0.366 e. The van der Waals surface area contributed by atoms with Crippen LogP contribution >= 0.6 is 11.3 Å². The van der Waals surface area contributed by atoms with E-state index >= 15 is 0 Å². The molecule has 1 heterocycles. The number of benzene rings is 2. The zero-order valence-corrected chi connectivity index (χ0v) is 20.5. The number of carbonyl (C=O) groups excluding carboxylic acids is 1. The van der Waals surface area contributed by atoms with Crippen molar-refractivity contribution in [1.29, 1.82) is 0 Å². The van der Waals surface area contributed by atoms with Crippen molar-refractivity contribution in [3.8, 4) is 0 Å². The fraction of sp³-hybridized carbons (Fsp3) is 0.348. The van der Waals surface area contributed by atoms with Crippen LogP contribution in [-0.4, -0.2) is 24.5 Å². The number of hydrogen-bond acceptors (Lipinski definition) is 6. The van der Waals surface area contributed by atoms with Gasteiger partial charge in [0.2, 0.25) is 11.0 Å². The number of amides is 1. The molecule has 186 valence electrons. The molecule has 1 aromatic heterocycles. The first-order chi connectivity index (χ1) is 16.3. The van der Waals surface area contributed by atoms with E-state index in [4.69, 9.17) is 5.73 Å². The van der Waals surface area contributed by atoms with Crippen molar-refractivity contribution in [2.24, 2.45) is 5.73 Å². The Bertz CT molecular complexity index is 1380. The summed E-state index contributed by atoms with van der Waals surface area (Å²) in [6.45, 7) is 3.85. The van der Waals surface area contributed by atoms with E-state index in [0.29, 0.717) is 23.4 Å². The van der Waals surface area contributed by atoms with E-state index in [9.17, 15) is 26.4 Å². The predicted octanol–water partition coefficient (Wildman–Crippen LogP) is 4.85. The lowest BCUT2D eigenvalue weighted by molar-refractivity contribution is -0.137. The summed E-state index contributed by atoms with van der Waals surface area (Å²) >= 11 is 1.15. The van der Waals surface area contributed by atoms with Crippen LogP contribution in [0.3, 0.4) is 0 Å². The van der Waals surface area contributed by atoms with Gasteiger partial charge in [0.25, 0.3) is 10.0 Å². The second kappa shape index (κ2) is 9.23. The van der Waals surface area contributed by atoms with Crippen molar-refractivity contribution in [2.45, 2.75) is 56.0 Å². The normalized spacial score (nSPS) is 16.2. The average molecular weight is 525 g/mol. The van der Waals surface area contributed by atoms with Gasteiger partial charge in [-0.25, -0.2) is 8.42 Å². The van der Waals surface area contributed by atoms with Crippen LogP contribution in [0.15, 0.2) is 41.3 Å². The molecule has 0 fully saturated rings. The van der Waals surface area contributed by atoms with Crippen LogP contribution in [-0.2, 0) is 29.0 Å². The number of aromatic nitrogens is 2. The smallest absolute Gasteiger partial charge is 0.366 e. The van der Waals surface area contributed by atoms with E-state index in [0.717, 1.165) is 35.1 Å². The van der Waals surface area contributed by atoms with Gasteiger partial charge in [0.05, 0.1) is 10.5 Å². The molecule has 1 aliphatic rings. The third-order valence-corrected chi connectivity index (χ3v) is 8.56. The summed E-state index contributed by atoms with van der Waals surface area (Å²) in [5, 5.41) is 8.71. The number of rotatable bonds is 6. The van der Waals surface area contributed by atoms with E-state index in [2.05, 4.69) is 14.9 Å². The SMILES string of the molecule is CC(C)c1nnc(NS(=O)(=O)c2ccc3c(c2)C[C@H](c2cc(C(F)(F)F)ccc2C(N)=O)CC3)s1. The zero-order valence-electron chi connectivity index (χ0n) is 18.9. The van der Waals surface area contributed by atoms with Crippen LogP contribution in [0.5, 0.6) is 0 Å². The molecule has 35 heavy (non-hydrogen) atoms. The Morgan fingerprint density at radius 1 is 1.14 bits per heavy atom. The highest BCUT2D eigenvalue weighted by molar-refractivity contribution is 7.93. The fourth-order valence-corrected chi connectivity index (χ4v) is 6.18. The highest BCUT2D eigenvalue weighted by Crippen LogP contribution is 2.38. The van der Waals surface area contributed by atoms with E-state index in [-0.39, 0.29) is 33.5 Å². The Labute approximate surface area is 204 Å². The monoisotopic (exact) mass is 524 g/mol. The van der Waals surface area contributed by atoms with Gasteiger partial charge < -0.3 is 5.73 Å². The summed E-state index contributed by atoms with van der Waals surface area (Å²) in [6.07, 6.45) is -3.26. The fourth-order valence-electron chi connectivity index (χ4n) is 4.15. The quantitative estimate of drug-likeness (QED) is 0.478. The van der Waals surface area contributed by atoms with Crippen molar-refractivity contribution >= 4 is 32.4 Å². The van der Waals surface area contributed by atoms with Gasteiger partial charge in [-0.15, -0.1) is 10.2 Å². The second-order valence-corrected chi connectivity index (χ2v) is 11.4. The lowest BCUT2D eigenvalue weighted by atomic mass is 9.78. The Morgan fingerprint density at radius 2 is 1.89 bits per heavy atom. The number of fused-ring (bicyclic) bond motifs is 1. The molecule has 0 aliphatic heterocycles. The van der Waals surface area contributed by atoms with Crippen LogP contribution in [0.4, 0.5) is 18.3 Å². The number of primary amides is 1. The largest absolute Gasteiger partial charge is 0.416 e. The highest BCUT2D eigenvalue weighted by atomic mass is 32.2. The average Bonchev–Trinajstić information content (AvgIpc) is 3.25. The highest BCUT2D eigenvalue weighted by Gasteiger charge is 2.33. The Kier molecular flexibility index (Phi) is 6.62. The van der Waals surface area contributed by atoms with Crippen molar-refractivity contribution < 1.29 is 26.4 Å². The molecule has 1 amide bonds. The lowest BCUT2D eigenvalue weighted by Crippen LogP contribution is -2.21. The standard InChI is InChI=1S/C23H23F3N4O3S2/c1-12(2)21-28-29-22(34-21)30-35(32,33)17-7-5-13-3-4-14(9-15(13)10-17)19-11-16(23(24,25)26)6-8-18(19)20(27)31/h5-8,10-12,14H,3-4,9H2,1-2H3,(H2,27,31)(H,29,30)/t14-/m1/s1. The minimum absolute atomic E-state index is 0.0114. The Balaban J connectivity index is 1.64. The summed E-state index contributed by atoms with van der Waals surface area (Å²) in [4.78, 5) is 11.9. The molecule has 0 bridgehead atoms. The number of alkyl halides is 3. The molecule has 4 rings (SSSR count). The number of halogens is 3. The zero-order chi connectivity index (χ0) is 25.5. The first-order valence-corrected chi connectivity index (χ1v) is 13.1. The number of carbonyl (C=O) groups is 1. The van der Waals surface area contributed by atoms with Crippen LogP contribution in [0.1, 0.15) is 69.7 Å². The van der Waals surface area contributed by atoms with E-state index in [1.165, 1.54) is 12.1 Å². The molecular weight excluding hydrogens is 501 g/mol. The molecule has 1 aliphatic carbocycles. The molecule has 0 unspecified atom stereocenters. The van der Waals surface area contributed by atoms with Gasteiger partial charge in [-0.1, -0.05) is 31.3 Å². The molecule has 1 atom stereocenters. The van der Waals surface area contributed by atoms with Gasteiger partial charge in [-0.2, -0.15) is 13.2 Å². The molecule has 3 aromatic rings. The van der Waals surface area contributed by atoms with E-state index < -0.39 is 33.6 Å². The van der Waals surface area contributed by atoms with Crippen molar-refractivity contribution in [3.05, 3.63) is 69.2 Å². The summed E-state index contributed by atoms with van der Waals surface area (Å²) in [5.74, 6) is -1.12. The van der Waals surface area contributed by atoms with Gasteiger partial charge in [0.15, 0.2) is 0 Å². The Morgan fingerprint density at radius 3 is 2.51 bits per heavy atom. The Hall–Kier alpha value is -2.99. The summed E-state index contributed by atoms with van der Waals surface area (Å²) in [6, 6.07) is 7.64. The lowest BCUT2D eigenvalue weighted by Gasteiger charge is -2.27. The summed E-state index contributed by atoms with van der Waals surface area (Å²) < 4.78 is 68.3. The van der Waals surface area contributed by atoms with Gasteiger partial charge in [-0.05, 0) is 72.2 Å². The first kappa shape index (κ1) is 25.1.